The van der Waals surface area contributed by atoms with E-state index in [0.29, 0.717) is 18.3 Å². The van der Waals surface area contributed by atoms with Crippen LogP contribution in [0.4, 0.5) is 0 Å². The summed E-state index contributed by atoms with van der Waals surface area (Å²) in [5.74, 6) is 1.19. The number of likely N-dealkylation sites (tertiary alicyclic amines) is 1. The van der Waals surface area contributed by atoms with E-state index in [1.54, 1.807) is 11.0 Å². The molecule has 0 radical (unpaired) electrons. The first-order valence-corrected chi connectivity index (χ1v) is 9.48. The van der Waals surface area contributed by atoms with Crippen molar-refractivity contribution in [1.82, 2.24) is 19.6 Å². The first kappa shape index (κ1) is 18.7. The maximum atomic E-state index is 12.8. The minimum Gasteiger partial charge on any atom is -0.455 e. The molecule has 0 unspecified atom stereocenters. The van der Waals surface area contributed by atoms with Gasteiger partial charge in [-0.15, -0.1) is 0 Å². The van der Waals surface area contributed by atoms with Gasteiger partial charge in [0, 0.05) is 30.9 Å². The van der Waals surface area contributed by atoms with Crippen molar-refractivity contribution in [3.63, 3.8) is 0 Å². The Hall–Kier alpha value is -2.08. The van der Waals surface area contributed by atoms with Gasteiger partial charge in [0.2, 0.25) is 0 Å². The van der Waals surface area contributed by atoms with Gasteiger partial charge in [0.25, 0.3) is 5.91 Å². The second-order valence-electron chi connectivity index (χ2n) is 7.60. The molecule has 2 aromatic heterocycles. The van der Waals surface area contributed by atoms with Gasteiger partial charge in [-0.05, 0) is 65.8 Å². The molecule has 0 spiro atoms. The summed E-state index contributed by atoms with van der Waals surface area (Å²) in [6.45, 7) is 11.8. The molecule has 1 saturated heterocycles. The zero-order chi connectivity index (χ0) is 18.8. The number of carbonyl (C=O) groups is 1. The van der Waals surface area contributed by atoms with Gasteiger partial charge in [0.1, 0.15) is 5.76 Å². The van der Waals surface area contributed by atoms with E-state index in [-0.39, 0.29) is 5.91 Å². The van der Waals surface area contributed by atoms with Gasteiger partial charge >= 0.3 is 0 Å². The van der Waals surface area contributed by atoms with Crippen LogP contribution in [0.1, 0.15) is 66.0 Å². The van der Waals surface area contributed by atoms with E-state index in [1.165, 1.54) is 12.8 Å². The molecule has 0 saturated carbocycles. The van der Waals surface area contributed by atoms with Gasteiger partial charge in [0.05, 0.1) is 12.2 Å². The molecule has 1 aliphatic rings. The van der Waals surface area contributed by atoms with E-state index < -0.39 is 0 Å². The largest absolute Gasteiger partial charge is 0.455 e. The van der Waals surface area contributed by atoms with Crippen LogP contribution >= 0.6 is 0 Å². The van der Waals surface area contributed by atoms with Crippen LogP contribution in [-0.2, 0) is 13.1 Å². The third-order valence-corrected chi connectivity index (χ3v) is 5.16. The molecule has 3 heterocycles. The average Bonchev–Trinajstić information content (AvgIpc) is 3.32. The fraction of sp³-hybridized carbons (Fsp3) is 0.600. The number of rotatable bonds is 6. The van der Waals surface area contributed by atoms with Crippen molar-refractivity contribution < 1.29 is 9.21 Å². The van der Waals surface area contributed by atoms with Gasteiger partial charge in [-0.2, -0.15) is 5.10 Å². The number of carbonyl (C=O) groups excluding carboxylic acids is 1. The SMILES string of the molecule is Cc1nn(C(C)C)c(C)c1CN(C)C(=O)c1ccc(CN2CCCC2)o1. The van der Waals surface area contributed by atoms with Gasteiger partial charge < -0.3 is 9.32 Å². The van der Waals surface area contributed by atoms with Crippen LogP contribution < -0.4 is 0 Å². The zero-order valence-corrected chi connectivity index (χ0v) is 16.6. The van der Waals surface area contributed by atoms with Crippen LogP contribution in [0.3, 0.4) is 0 Å². The highest BCUT2D eigenvalue weighted by molar-refractivity contribution is 5.91. The maximum absolute atomic E-state index is 12.8. The van der Waals surface area contributed by atoms with Crippen LogP contribution in [0.5, 0.6) is 0 Å². The standard InChI is InChI=1S/C20H30N4O2/c1-14(2)24-16(4)18(15(3)21-24)13-22(5)20(25)19-9-8-17(26-19)12-23-10-6-7-11-23/h8-9,14H,6-7,10-13H2,1-5H3. The van der Waals surface area contributed by atoms with Crippen molar-refractivity contribution in [2.24, 2.45) is 0 Å². The van der Waals surface area contributed by atoms with Crippen LogP contribution in [0, 0.1) is 13.8 Å². The van der Waals surface area contributed by atoms with Gasteiger partial charge in [-0.25, -0.2) is 0 Å². The van der Waals surface area contributed by atoms with Gasteiger partial charge in [-0.3, -0.25) is 14.4 Å². The molecular weight excluding hydrogens is 328 g/mol. The first-order chi connectivity index (χ1) is 12.4. The van der Waals surface area contributed by atoms with Crippen molar-refractivity contribution in [2.45, 2.75) is 59.7 Å². The Morgan fingerprint density at radius 2 is 1.96 bits per heavy atom. The van der Waals surface area contributed by atoms with E-state index in [0.717, 1.165) is 42.3 Å². The molecule has 1 amide bonds. The molecule has 142 valence electrons. The summed E-state index contributed by atoms with van der Waals surface area (Å²) >= 11 is 0. The molecule has 26 heavy (non-hydrogen) atoms. The quantitative estimate of drug-likeness (QED) is 0.792. The molecule has 3 rings (SSSR count). The Labute approximate surface area is 155 Å². The zero-order valence-electron chi connectivity index (χ0n) is 16.6. The van der Waals surface area contributed by atoms with Crippen LogP contribution in [0.2, 0.25) is 0 Å². The average molecular weight is 358 g/mol. The summed E-state index contributed by atoms with van der Waals surface area (Å²) in [6.07, 6.45) is 2.50. The lowest BCUT2D eigenvalue weighted by Crippen LogP contribution is -2.26. The summed E-state index contributed by atoms with van der Waals surface area (Å²) in [5, 5.41) is 4.61. The Morgan fingerprint density at radius 3 is 2.58 bits per heavy atom. The lowest BCUT2D eigenvalue weighted by atomic mass is 10.2. The first-order valence-electron chi connectivity index (χ1n) is 9.48. The van der Waals surface area contributed by atoms with Crippen molar-refractivity contribution in [2.75, 3.05) is 20.1 Å². The smallest absolute Gasteiger partial charge is 0.289 e. The molecule has 1 fully saturated rings. The highest BCUT2D eigenvalue weighted by Gasteiger charge is 2.21. The van der Waals surface area contributed by atoms with Gasteiger partial charge in [0.15, 0.2) is 5.76 Å². The van der Waals surface area contributed by atoms with E-state index in [9.17, 15) is 4.79 Å². The van der Waals surface area contributed by atoms with Crippen LogP contribution in [0.25, 0.3) is 0 Å². The number of hydrogen-bond donors (Lipinski definition) is 0. The lowest BCUT2D eigenvalue weighted by molar-refractivity contribution is 0.0749. The summed E-state index contributed by atoms with van der Waals surface area (Å²) in [7, 11) is 1.82. The molecule has 0 aromatic carbocycles. The van der Waals surface area contributed by atoms with Crippen LogP contribution in [0.15, 0.2) is 16.5 Å². The number of furan rings is 1. The second-order valence-corrected chi connectivity index (χ2v) is 7.60. The van der Waals surface area contributed by atoms with E-state index in [2.05, 4.69) is 30.8 Å². The Kier molecular flexibility index (Phi) is 5.51. The van der Waals surface area contributed by atoms with Crippen molar-refractivity contribution >= 4 is 5.91 Å². The van der Waals surface area contributed by atoms with Crippen molar-refractivity contribution in [3.8, 4) is 0 Å². The van der Waals surface area contributed by atoms with E-state index in [4.69, 9.17) is 4.42 Å². The topological polar surface area (TPSA) is 54.5 Å². The monoisotopic (exact) mass is 358 g/mol. The highest BCUT2D eigenvalue weighted by Crippen LogP contribution is 2.20. The fourth-order valence-electron chi connectivity index (χ4n) is 3.66. The summed E-state index contributed by atoms with van der Waals surface area (Å²) in [6, 6.07) is 4.02. The predicted octanol–water partition coefficient (Wildman–Crippen LogP) is 3.54. The molecule has 2 aromatic rings. The van der Waals surface area contributed by atoms with E-state index in [1.807, 2.05) is 24.7 Å². The maximum Gasteiger partial charge on any atom is 0.289 e. The van der Waals surface area contributed by atoms with Crippen molar-refractivity contribution in [3.05, 3.63) is 40.6 Å². The molecule has 6 nitrogen and oxygen atoms in total. The Bertz CT molecular complexity index is 769. The molecule has 1 aliphatic heterocycles. The third-order valence-electron chi connectivity index (χ3n) is 5.16. The van der Waals surface area contributed by atoms with Crippen molar-refractivity contribution in [1.29, 1.82) is 0 Å². The Balaban J connectivity index is 1.67. The van der Waals surface area contributed by atoms with E-state index >= 15 is 0 Å². The minimum absolute atomic E-state index is 0.0891. The second kappa shape index (κ2) is 7.66. The number of aromatic nitrogens is 2. The normalized spacial score (nSPS) is 15.2. The molecular formula is C20H30N4O2. The summed E-state index contributed by atoms with van der Waals surface area (Å²) in [4.78, 5) is 16.8. The van der Waals surface area contributed by atoms with Crippen LogP contribution in [-0.4, -0.2) is 45.6 Å². The Morgan fingerprint density at radius 1 is 1.27 bits per heavy atom. The number of aryl methyl sites for hydroxylation is 1. The summed E-state index contributed by atoms with van der Waals surface area (Å²) in [5.41, 5.74) is 3.20. The number of nitrogens with zero attached hydrogens (tertiary/aromatic N) is 4. The highest BCUT2D eigenvalue weighted by atomic mass is 16.4. The third kappa shape index (κ3) is 3.85. The number of amides is 1. The molecule has 0 atom stereocenters. The molecule has 6 heteroatoms. The minimum atomic E-state index is -0.0891. The predicted molar refractivity (Wildman–Crippen MR) is 101 cm³/mol. The molecule has 0 aliphatic carbocycles. The summed E-state index contributed by atoms with van der Waals surface area (Å²) < 4.78 is 7.83. The molecule has 0 N–H and O–H groups in total. The lowest BCUT2D eigenvalue weighted by Gasteiger charge is -2.17. The number of hydrogen-bond acceptors (Lipinski definition) is 4. The molecule has 0 bridgehead atoms. The van der Waals surface area contributed by atoms with Gasteiger partial charge in [-0.1, -0.05) is 0 Å². The fourth-order valence-corrected chi connectivity index (χ4v) is 3.66.